The molecule has 0 radical (unpaired) electrons. The standard InChI is InChI=1S/C17H32N2O2/c1-15(2)6-9-19-10-7-17(8-11-19,21-13-12-20)14-18(3)16-4-5-16/h12,15-16H,4-11,13-14H2,1-3H3. The van der Waals surface area contributed by atoms with E-state index >= 15 is 0 Å². The van der Waals surface area contributed by atoms with Crippen LogP contribution in [0.15, 0.2) is 0 Å². The van der Waals surface area contributed by atoms with Crippen molar-refractivity contribution in [1.29, 1.82) is 0 Å². The highest BCUT2D eigenvalue weighted by Crippen LogP contribution is 2.32. The Labute approximate surface area is 129 Å². The number of likely N-dealkylation sites (N-methyl/N-ethyl adjacent to an activating group) is 1. The number of likely N-dealkylation sites (tertiary alicyclic amines) is 1. The summed E-state index contributed by atoms with van der Waals surface area (Å²) in [6.07, 6.45) is 6.90. The third-order valence-electron chi connectivity index (χ3n) is 4.96. The van der Waals surface area contributed by atoms with E-state index in [0.29, 0.717) is 0 Å². The Hall–Kier alpha value is -0.450. The van der Waals surface area contributed by atoms with Crippen LogP contribution in [0, 0.1) is 5.92 Å². The molecule has 0 unspecified atom stereocenters. The van der Waals surface area contributed by atoms with Gasteiger partial charge in [0.15, 0.2) is 0 Å². The minimum absolute atomic E-state index is 0.105. The largest absolute Gasteiger partial charge is 0.366 e. The summed E-state index contributed by atoms with van der Waals surface area (Å²) in [7, 11) is 2.20. The van der Waals surface area contributed by atoms with Gasteiger partial charge in [-0.05, 0) is 51.6 Å². The van der Waals surface area contributed by atoms with Crippen LogP contribution in [0.2, 0.25) is 0 Å². The van der Waals surface area contributed by atoms with Crippen molar-refractivity contribution in [3.8, 4) is 0 Å². The first-order chi connectivity index (χ1) is 10.0. The Bertz CT molecular complexity index is 321. The number of carbonyl (C=O) groups excluding carboxylic acids is 1. The molecular weight excluding hydrogens is 264 g/mol. The Morgan fingerprint density at radius 3 is 2.52 bits per heavy atom. The van der Waals surface area contributed by atoms with Crippen LogP contribution in [0.3, 0.4) is 0 Å². The summed E-state index contributed by atoms with van der Waals surface area (Å²) in [5.74, 6) is 0.768. The fraction of sp³-hybridized carbons (Fsp3) is 0.941. The Morgan fingerprint density at radius 2 is 2.00 bits per heavy atom. The SMILES string of the molecule is CC(C)CCN1CCC(CN(C)C2CC2)(OCC=O)CC1. The number of hydrogen-bond acceptors (Lipinski definition) is 4. The first kappa shape index (κ1) is 16.9. The van der Waals surface area contributed by atoms with E-state index < -0.39 is 0 Å². The maximum absolute atomic E-state index is 10.7. The van der Waals surface area contributed by atoms with E-state index in [1.54, 1.807) is 0 Å². The van der Waals surface area contributed by atoms with Gasteiger partial charge in [-0.2, -0.15) is 0 Å². The monoisotopic (exact) mass is 296 g/mol. The van der Waals surface area contributed by atoms with Crippen molar-refractivity contribution in [3.63, 3.8) is 0 Å². The number of ether oxygens (including phenoxy) is 1. The lowest BCUT2D eigenvalue weighted by Crippen LogP contribution is -2.52. The Balaban J connectivity index is 1.84. The summed E-state index contributed by atoms with van der Waals surface area (Å²) in [5, 5.41) is 0. The molecule has 1 saturated carbocycles. The van der Waals surface area contributed by atoms with Crippen LogP contribution in [-0.2, 0) is 9.53 Å². The van der Waals surface area contributed by atoms with Crippen molar-refractivity contribution < 1.29 is 9.53 Å². The van der Waals surface area contributed by atoms with Crippen LogP contribution in [-0.4, -0.2) is 67.6 Å². The van der Waals surface area contributed by atoms with Crippen molar-refractivity contribution in [3.05, 3.63) is 0 Å². The number of carbonyl (C=O) groups is 1. The zero-order chi connectivity index (χ0) is 15.3. The average Bonchev–Trinajstić information content (AvgIpc) is 3.29. The van der Waals surface area contributed by atoms with Gasteiger partial charge in [-0.25, -0.2) is 0 Å². The van der Waals surface area contributed by atoms with Crippen LogP contribution in [0.5, 0.6) is 0 Å². The molecule has 0 spiro atoms. The van der Waals surface area contributed by atoms with Crippen LogP contribution in [0.25, 0.3) is 0 Å². The molecule has 0 N–H and O–H groups in total. The zero-order valence-electron chi connectivity index (χ0n) is 14.0. The lowest BCUT2D eigenvalue weighted by molar-refractivity contribution is -0.128. The molecule has 0 amide bonds. The van der Waals surface area contributed by atoms with E-state index in [0.717, 1.165) is 50.7 Å². The van der Waals surface area contributed by atoms with Crippen molar-refractivity contribution >= 4 is 6.29 Å². The van der Waals surface area contributed by atoms with Gasteiger partial charge in [0.2, 0.25) is 0 Å². The topological polar surface area (TPSA) is 32.8 Å². The molecule has 1 saturated heterocycles. The molecule has 122 valence electrons. The third kappa shape index (κ3) is 5.35. The second-order valence-corrected chi connectivity index (χ2v) is 7.33. The lowest BCUT2D eigenvalue weighted by Gasteiger charge is -2.43. The minimum Gasteiger partial charge on any atom is -0.366 e. The summed E-state index contributed by atoms with van der Waals surface area (Å²) >= 11 is 0. The summed E-state index contributed by atoms with van der Waals surface area (Å²) in [4.78, 5) is 15.7. The van der Waals surface area contributed by atoms with E-state index in [-0.39, 0.29) is 12.2 Å². The van der Waals surface area contributed by atoms with Crippen LogP contribution < -0.4 is 0 Å². The van der Waals surface area contributed by atoms with Gasteiger partial charge in [0.25, 0.3) is 0 Å². The molecule has 1 aliphatic carbocycles. The number of piperidine rings is 1. The second kappa shape index (κ2) is 7.70. The molecule has 2 aliphatic rings. The Morgan fingerprint density at radius 1 is 1.33 bits per heavy atom. The molecule has 1 heterocycles. The zero-order valence-corrected chi connectivity index (χ0v) is 14.0. The highest BCUT2D eigenvalue weighted by molar-refractivity contribution is 5.50. The Kier molecular flexibility index (Phi) is 6.20. The molecule has 2 rings (SSSR count). The van der Waals surface area contributed by atoms with Gasteiger partial charge in [0, 0.05) is 25.7 Å². The van der Waals surface area contributed by atoms with E-state index in [4.69, 9.17) is 4.74 Å². The van der Waals surface area contributed by atoms with Crippen molar-refractivity contribution in [2.45, 2.75) is 57.6 Å². The number of rotatable bonds is 9. The van der Waals surface area contributed by atoms with Gasteiger partial charge in [0.05, 0.1) is 5.60 Å². The fourth-order valence-corrected chi connectivity index (χ4v) is 3.28. The summed E-state index contributed by atoms with van der Waals surface area (Å²) in [5.41, 5.74) is -0.105. The molecule has 0 aromatic rings. The summed E-state index contributed by atoms with van der Waals surface area (Å²) in [6, 6.07) is 0.751. The van der Waals surface area contributed by atoms with E-state index in [1.165, 1.54) is 25.8 Å². The maximum Gasteiger partial charge on any atom is 0.145 e. The predicted octanol–water partition coefficient (Wildman–Crippen LogP) is 2.18. The van der Waals surface area contributed by atoms with Crippen molar-refractivity contribution in [1.82, 2.24) is 9.80 Å². The molecule has 0 atom stereocenters. The molecule has 2 fully saturated rings. The smallest absolute Gasteiger partial charge is 0.145 e. The van der Waals surface area contributed by atoms with Crippen LogP contribution in [0.4, 0.5) is 0 Å². The number of aldehydes is 1. The van der Waals surface area contributed by atoms with Crippen molar-refractivity contribution in [2.75, 3.05) is 39.8 Å². The highest BCUT2D eigenvalue weighted by Gasteiger charge is 2.39. The van der Waals surface area contributed by atoms with E-state index in [9.17, 15) is 4.79 Å². The van der Waals surface area contributed by atoms with Gasteiger partial charge in [0.1, 0.15) is 12.9 Å². The average molecular weight is 296 g/mol. The van der Waals surface area contributed by atoms with Crippen LogP contribution in [0.1, 0.15) is 46.0 Å². The molecule has 1 aliphatic heterocycles. The first-order valence-electron chi connectivity index (χ1n) is 8.55. The van der Waals surface area contributed by atoms with Crippen LogP contribution >= 0.6 is 0 Å². The molecule has 0 bridgehead atoms. The highest BCUT2D eigenvalue weighted by atomic mass is 16.5. The maximum atomic E-state index is 10.7. The molecule has 0 aromatic heterocycles. The summed E-state index contributed by atoms with van der Waals surface area (Å²) in [6.45, 7) is 9.18. The predicted molar refractivity (Wildman–Crippen MR) is 85.5 cm³/mol. The lowest BCUT2D eigenvalue weighted by atomic mass is 9.90. The quantitative estimate of drug-likeness (QED) is 0.611. The third-order valence-corrected chi connectivity index (χ3v) is 4.96. The molecular formula is C17H32N2O2. The van der Waals surface area contributed by atoms with Gasteiger partial charge in [-0.15, -0.1) is 0 Å². The second-order valence-electron chi connectivity index (χ2n) is 7.33. The molecule has 21 heavy (non-hydrogen) atoms. The minimum atomic E-state index is -0.105. The van der Waals surface area contributed by atoms with Gasteiger partial charge >= 0.3 is 0 Å². The van der Waals surface area contributed by atoms with Gasteiger partial charge in [-0.3, -0.25) is 0 Å². The molecule has 4 nitrogen and oxygen atoms in total. The van der Waals surface area contributed by atoms with Gasteiger partial charge < -0.3 is 19.3 Å². The fourth-order valence-electron chi connectivity index (χ4n) is 3.28. The van der Waals surface area contributed by atoms with E-state index in [1.807, 2.05) is 0 Å². The molecule has 4 heteroatoms. The van der Waals surface area contributed by atoms with Gasteiger partial charge in [-0.1, -0.05) is 13.8 Å². The van der Waals surface area contributed by atoms with E-state index in [2.05, 4.69) is 30.7 Å². The normalized spacial score (nSPS) is 22.9. The molecule has 0 aromatic carbocycles. The number of nitrogens with zero attached hydrogens (tertiary/aromatic N) is 2. The first-order valence-corrected chi connectivity index (χ1v) is 8.55. The number of hydrogen-bond donors (Lipinski definition) is 0. The summed E-state index contributed by atoms with van der Waals surface area (Å²) < 4.78 is 6.01. The van der Waals surface area contributed by atoms with Crippen molar-refractivity contribution in [2.24, 2.45) is 5.92 Å².